The molecule has 0 fully saturated rings. The maximum Gasteiger partial charge on any atom is 0.251 e. The molecule has 0 radical (unpaired) electrons. The summed E-state index contributed by atoms with van der Waals surface area (Å²) in [5, 5.41) is 18.7. The molecule has 1 rings (SSSR count). The molecule has 1 aromatic carbocycles. The Bertz CT molecular complexity index is 604. The third kappa shape index (κ3) is 8.77. The normalized spacial score (nSPS) is 11.5. The first-order chi connectivity index (χ1) is 13.0. The molecular weight excluding hydrogens is 467 g/mol. The Morgan fingerprint density at radius 1 is 1.18 bits per heavy atom. The second kappa shape index (κ2) is 14.6. The van der Waals surface area contributed by atoms with Gasteiger partial charge >= 0.3 is 0 Å². The monoisotopic (exact) mass is 504 g/mol. The van der Waals surface area contributed by atoms with Crippen LogP contribution in [0.5, 0.6) is 0 Å². The van der Waals surface area contributed by atoms with Crippen LogP contribution in [0.3, 0.4) is 0 Å². The summed E-state index contributed by atoms with van der Waals surface area (Å²) in [7, 11) is 1.64. The fourth-order valence-corrected chi connectivity index (χ4v) is 3.07. The number of guanidine groups is 1. The smallest absolute Gasteiger partial charge is 0.251 e. The lowest BCUT2D eigenvalue weighted by atomic mass is 9.79. The van der Waals surface area contributed by atoms with E-state index in [0.717, 1.165) is 50.3 Å². The van der Waals surface area contributed by atoms with Gasteiger partial charge in [0.25, 0.3) is 5.91 Å². The zero-order chi connectivity index (χ0) is 20.1. The summed E-state index contributed by atoms with van der Waals surface area (Å²) < 4.78 is 0. The standard InChI is InChI=1S/C21H36N4O2.HI/c1-5-21(6-2,12-14-26)16-25-20(23-7-3)24-13-11-17-9-8-10-18(15-17)19(27)22-4;/h8-10,15,26H,5-7,11-14,16H2,1-4H3,(H,22,27)(H2,23,24,25);1H. The van der Waals surface area contributed by atoms with Crippen molar-refractivity contribution in [3.8, 4) is 0 Å². The predicted octanol–water partition coefficient (Wildman–Crippen LogP) is 2.95. The van der Waals surface area contributed by atoms with Gasteiger partial charge in [0.2, 0.25) is 0 Å². The Morgan fingerprint density at radius 3 is 2.46 bits per heavy atom. The molecule has 0 unspecified atom stereocenters. The number of carbonyl (C=O) groups is 1. The predicted molar refractivity (Wildman–Crippen MR) is 128 cm³/mol. The van der Waals surface area contributed by atoms with Crippen molar-refractivity contribution < 1.29 is 9.90 Å². The maximum absolute atomic E-state index is 11.7. The van der Waals surface area contributed by atoms with E-state index < -0.39 is 0 Å². The quantitative estimate of drug-likeness (QED) is 0.212. The number of hydrogen-bond donors (Lipinski definition) is 4. The summed E-state index contributed by atoms with van der Waals surface area (Å²) in [5.74, 6) is 0.725. The van der Waals surface area contributed by atoms with Crippen LogP contribution in [0, 0.1) is 5.41 Å². The number of carbonyl (C=O) groups excluding carboxylic acids is 1. The molecule has 160 valence electrons. The van der Waals surface area contributed by atoms with E-state index in [1.54, 1.807) is 7.05 Å². The number of aliphatic imine (C=N–C) groups is 1. The van der Waals surface area contributed by atoms with Crippen LogP contribution in [-0.2, 0) is 6.42 Å². The van der Waals surface area contributed by atoms with Gasteiger partial charge in [0.05, 0.1) is 0 Å². The number of nitrogens with zero attached hydrogens (tertiary/aromatic N) is 1. The molecule has 0 bridgehead atoms. The molecule has 0 heterocycles. The van der Waals surface area contributed by atoms with Crippen molar-refractivity contribution in [3.05, 3.63) is 35.4 Å². The van der Waals surface area contributed by atoms with Gasteiger partial charge in [0.15, 0.2) is 5.96 Å². The molecule has 0 aromatic heterocycles. The van der Waals surface area contributed by atoms with Gasteiger partial charge in [0, 0.05) is 38.9 Å². The van der Waals surface area contributed by atoms with Crippen LogP contribution in [0.2, 0.25) is 0 Å². The number of benzene rings is 1. The number of hydrogen-bond acceptors (Lipinski definition) is 3. The molecule has 4 N–H and O–H groups in total. The fraction of sp³-hybridized carbons (Fsp3) is 0.619. The number of aliphatic hydroxyl groups is 1. The van der Waals surface area contributed by atoms with Gasteiger partial charge in [-0.15, -0.1) is 24.0 Å². The highest BCUT2D eigenvalue weighted by atomic mass is 127. The van der Waals surface area contributed by atoms with Crippen molar-refractivity contribution in [1.82, 2.24) is 16.0 Å². The maximum atomic E-state index is 11.7. The van der Waals surface area contributed by atoms with Gasteiger partial charge < -0.3 is 21.1 Å². The SMILES string of the molecule is CCNC(=NCC(CC)(CC)CCO)NCCc1cccc(C(=O)NC)c1.I. The second-order valence-electron chi connectivity index (χ2n) is 6.83. The molecule has 1 amide bonds. The molecule has 0 saturated carbocycles. The van der Waals surface area contributed by atoms with Gasteiger partial charge in [-0.05, 0) is 55.7 Å². The molecule has 0 spiro atoms. The molecule has 0 saturated heterocycles. The summed E-state index contributed by atoms with van der Waals surface area (Å²) in [6.07, 6.45) is 3.58. The summed E-state index contributed by atoms with van der Waals surface area (Å²) in [6.45, 7) is 8.79. The van der Waals surface area contributed by atoms with E-state index in [2.05, 4.69) is 29.8 Å². The van der Waals surface area contributed by atoms with E-state index in [0.29, 0.717) is 12.1 Å². The fourth-order valence-electron chi connectivity index (χ4n) is 3.07. The minimum absolute atomic E-state index is 0. The number of halogens is 1. The van der Waals surface area contributed by atoms with Crippen molar-refractivity contribution in [2.24, 2.45) is 10.4 Å². The van der Waals surface area contributed by atoms with Crippen LogP contribution in [-0.4, -0.2) is 50.3 Å². The topological polar surface area (TPSA) is 85.8 Å². The summed E-state index contributed by atoms with van der Waals surface area (Å²) in [5.41, 5.74) is 1.84. The Kier molecular flexibility index (Phi) is 13.9. The Balaban J connectivity index is 0.00000729. The molecule has 1 aromatic rings. The highest BCUT2D eigenvalue weighted by molar-refractivity contribution is 14.0. The third-order valence-electron chi connectivity index (χ3n) is 5.18. The zero-order valence-electron chi connectivity index (χ0n) is 17.7. The van der Waals surface area contributed by atoms with Crippen LogP contribution >= 0.6 is 24.0 Å². The molecule has 28 heavy (non-hydrogen) atoms. The number of nitrogens with one attached hydrogen (secondary N) is 3. The number of rotatable bonds is 11. The first-order valence-corrected chi connectivity index (χ1v) is 9.98. The molecule has 7 heteroatoms. The molecule has 6 nitrogen and oxygen atoms in total. The number of amides is 1. The third-order valence-corrected chi connectivity index (χ3v) is 5.18. The van der Waals surface area contributed by atoms with Crippen LogP contribution in [0.1, 0.15) is 56.0 Å². The van der Waals surface area contributed by atoms with Crippen molar-refractivity contribution in [2.45, 2.75) is 46.5 Å². The zero-order valence-corrected chi connectivity index (χ0v) is 20.0. The van der Waals surface area contributed by atoms with Gasteiger partial charge in [-0.25, -0.2) is 0 Å². The molecular formula is C21H37IN4O2. The van der Waals surface area contributed by atoms with Gasteiger partial charge in [-0.3, -0.25) is 9.79 Å². The van der Waals surface area contributed by atoms with Crippen molar-refractivity contribution in [1.29, 1.82) is 0 Å². The second-order valence-corrected chi connectivity index (χ2v) is 6.83. The van der Waals surface area contributed by atoms with Crippen LogP contribution in [0.25, 0.3) is 0 Å². The average molecular weight is 504 g/mol. The van der Waals surface area contributed by atoms with Gasteiger partial charge in [-0.2, -0.15) is 0 Å². The van der Waals surface area contributed by atoms with E-state index in [9.17, 15) is 9.90 Å². The van der Waals surface area contributed by atoms with Crippen molar-refractivity contribution in [2.75, 3.05) is 33.3 Å². The van der Waals surface area contributed by atoms with Crippen LogP contribution in [0.4, 0.5) is 0 Å². The van der Waals surface area contributed by atoms with E-state index in [1.165, 1.54) is 0 Å². The van der Waals surface area contributed by atoms with Crippen LogP contribution < -0.4 is 16.0 Å². The van der Waals surface area contributed by atoms with Crippen molar-refractivity contribution >= 4 is 35.8 Å². The average Bonchev–Trinajstić information content (AvgIpc) is 2.70. The highest BCUT2D eigenvalue weighted by Gasteiger charge is 2.25. The molecule has 0 aliphatic rings. The summed E-state index contributed by atoms with van der Waals surface area (Å²) in [6, 6.07) is 7.67. The molecule has 0 aliphatic carbocycles. The molecule has 0 aliphatic heterocycles. The lowest BCUT2D eigenvalue weighted by Gasteiger charge is -2.29. The minimum atomic E-state index is -0.0703. The first kappa shape index (κ1) is 26.6. The highest BCUT2D eigenvalue weighted by Crippen LogP contribution is 2.30. The lowest BCUT2D eigenvalue weighted by molar-refractivity contribution is 0.0963. The van der Waals surface area contributed by atoms with E-state index in [1.807, 2.05) is 31.2 Å². The van der Waals surface area contributed by atoms with Crippen molar-refractivity contribution in [3.63, 3.8) is 0 Å². The Hall–Kier alpha value is -1.35. The lowest BCUT2D eigenvalue weighted by Crippen LogP contribution is -2.39. The van der Waals surface area contributed by atoms with Crippen LogP contribution in [0.15, 0.2) is 29.3 Å². The molecule has 0 atom stereocenters. The Morgan fingerprint density at radius 2 is 1.89 bits per heavy atom. The Labute approximate surface area is 187 Å². The van der Waals surface area contributed by atoms with E-state index in [-0.39, 0.29) is 41.9 Å². The van der Waals surface area contributed by atoms with E-state index in [4.69, 9.17) is 4.99 Å². The summed E-state index contributed by atoms with van der Waals surface area (Å²) >= 11 is 0. The van der Waals surface area contributed by atoms with Gasteiger partial charge in [-0.1, -0.05) is 26.0 Å². The summed E-state index contributed by atoms with van der Waals surface area (Å²) in [4.78, 5) is 16.5. The largest absolute Gasteiger partial charge is 0.396 e. The van der Waals surface area contributed by atoms with E-state index >= 15 is 0 Å². The minimum Gasteiger partial charge on any atom is -0.396 e. The van der Waals surface area contributed by atoms with Gasteiger partial charge in [0.1, 0.15) is 0 Å². The first-order valence-electron chi connectivity index (χ1n) is 9.98. The number of aliphatic hydroxyl groups excluding tert-OH is 1.